The third kappa shape index (κ3) is 4.26. The van der Waals surface area contributed by atoms with Gasteiger partial charge in [-0.2, -0.15) is 4.31 Å². The average Bonchev–Trinajstić information content (AvgIpc) is 3.28. The van der Waals surface area contributed by atoms with Crippen molar-refractivity contribution in [2.75, 3.05) is 13.2 Å². The number of sulfonamides is 1. The van der Waals surface area contributed by atoms with E-state index in [4.69, 9.17) is 4.74 Å². The highest BCUT2D eigenvalue weighted by Crippen LogP contribution is 2.61. The number of carbonyl (C=O) groups is 2. The summed E-state index contributed by atoms with van der Waals surface area (Å²) in [5, 5.41) is 3.06. The molecule has 1 aromatic carbocycles. The highest BCUT2D eigenvalue weighted by atomic mass is 32.2. The number of carbonyl (C=O) groups excluding carboxylic acids is 2. The van der Waals surface area contributed by atoms with Crippen LogP contribution in [0, 0.1) is 29.0 Å². The van der Waals surface area contributed by atoms with E-state index >= 15 is 0 Å². The largest absolute Gasteiger partial charge is 0.454 e. The second-order valence-corrected chi connectivity index (χ2v) is 12.7. The Morgan fingerprint density at radius 2 is 1.76 bits per heavy atom. The van der Waals surface area contributed by atoms with E-state index < -0.39 is 39.4 Å². The Morgan fingerprint density at radius 3 is 2.38 bits per heavy atom. The fourth-order valence-corrected chi connectivity index (χ4v) is 9.13. The van der Waals surface area contributed by atoms with Crippen molar-refractivity contribution in [1.29, 1.82) is 0 Å². The van der Waals surface area contributed by atoms with Crippen molar-refractivity contribution in [2.24, 2.45) is 23.2 Å². The van der Waals surface area contributed by atoms with Crippen LogP contribution in [0.25, 0.3) is 0 Å². The first-order chi connectivity index (χ1) is 16.2. The van der Waals surface area contributed by atoms with Crippen LogP contribution in [0.5, 0.6) is 0 Å². The molecule has 4 aliphatic carbocycles. The Kier molecular flexibility index (Phi) is 6.21. The van der Waals surface area contributed by atoms with E-state index in [1.54, 1.807) is 0 Å². The second-order valence-electron chi connectivity index (χ2n) is 10.9. The molecule has 1 amide bonds. The van der Waals surface area contributed by atoms with E-state index in [-0.39, 0.29) is 30.3 Å². The van der Waals surface area contributed by atoms with Crippen molar-refractivity contribution in [3.05, 3.63) is 30.1 Å². The lowest BCUT2D eigenvalue weighted by Gasteiger charge is -2.59. The molecule has 1 aromatic rings. The van der Waals surface area contributed by atoms with Gasteiger partial charge < -0.3 is 10.1 Å². The van der Waals surface area contributed by atoms with Crippen LogP contribution in [0.3, 0.4) is 0 Å². The number of hydrogen-bond donors (Lipinski definition) is 1. The number of rotatable bonds is 7. The van der Waals surface area contributed by atoms with Gasteiger partial charge in [0.1, 0.15) is 16.8 Å². The van der Waals surface area contributed by atoms with Gasteiger partial charge in [-0.3, -0.25) is 9.59 Å². The molecular formula is C25H33FN2O5S. The van der Waals surface area contributed by atoms with Crippen molar-refractivity contribution < 1.29 is 27.1 Å². The van der Waals surface area contributed by atoms with Crippen LogP contribution in [0.4, 0.5) is 4.39 Å². The van der Waals surface area contributed by atoms with Gasteiger partial charge in [0.2, 0.25) is 10.0 Å². The molecule has 4 saturated carbocycles. The third-order valence-electron chi connectivity index (χ3n) is 8.63. The van der Waals surface area contributed by atoms with Crippen LogP contribution >= 0.6 is 0 Å². The molecule has 7 nitrogen and oxygen atoms in total. The predicted molar refractivity (Wildman–Crippen MR) is 122 cm³/mol. The average molecular weight is 493 g/mol. The summed E-state index contributed by atoms with van der Waals surface area (Å²) >= 11 is 0. The Hall–Kier alpha value is -2.00. The first kappa shape index (κ1) is 23.7. The zero-order valence-electron chi connectivity index (χ0n) is 19.5. The monoisotopic (exact) mass is 492 g/mol. The van der Waals surface area contributed by atoms with E-state index in [1.165, 1.54) is 37.5 Å². The smallest absolute Gasteiger partial charge is 0.324 e. The fraction of sp³-hybridized carbons (Fsp3) is 0.680. The Morgan fingerprint density at radius 1 is 1.15 bits per heavy atom. The van der Waals surface area contributed by atoms with E-state index in [2.05, 4.69) is 12.2 Å². The molecule has 1 N–H and O–H groups in total. The number of nitrogens with one attached hydrogen (secondary N) is 1. The summed E-state index contributed by atoms with van der Waals surface area (Å²) in [4.78, 5) is 24.9. The van der Waals surface area contributed by atoms with E-state index in [0.29, 0.717) is 6.42 Å². The number of benzene rings is 1. The van der Waals surface area contributed by atoms with Gasteiger partial charge >= 0.3 is 5.97 Å². The normalized spacial score (nSPS) is 33.6. The summed E-state index contributed by atoms with van der Waals surface area (Å²) in [7, 11) is -4.19. The van der Waals surface area contributed by atoms with Crippen LogP contribution in [-0.2, 0) is 24.3 Å². The highest BCUT2D eigenvalue weighted by molar-refractivity contribution is 7.89. The third-order valence-corrected chi connectivity index (χ3v) is 10.6. The molecule has 0 spiro atoms. The van der Waals surface area contributed by atoms with Crippen molar-refractivity contribution in [2.45, 2.75) is 75.3 Å². The Balaban J connectivity index is 1.18. The summed E-state index contributed by atoms with van der Waals surface area (Å²) in [6, 6.07) is 4.06. The molecule has 9 heteroatoms. The minimum atomic E-state index is -4.19. The zero-order valence-corrected chi connectivity index (χ0v) is 20.4. The highest BCUT2D eigenvalue weighted by Gasteiger charge is 2.53. The maximum Gasteiger partial charge on any atom is 0.324 e. The number of amides is 1. The molecule has 5 fully saturated rings. The molecule has 1 saturated heterocycles. The van der Waals surface area contributed by atoms with Crippen molar-refractivity contribution in [3.8, 4) is 0 Å². The van der Waals surface area contributed by atoms with Gasteiger partial charge in [0, 0.05) is 12.6 Å². The number of esters is 1. The summed E-state index contributed by atoms with van der Waals surface area (Å²) in [5.74, 6) is 0.322. The standard InChI is InChI=1S/C25H33FN2O5S/c1-16(25-12-17-9-18(13-25)11-19(10-17)14-25)27-23(29)15-33-24(30)21-6-4-8-28(21)34(31,32)22-7-3-2-5-20(22)26/h2-3,5,7,16-19,21H,4,6,8-15H2,1H3,(H,27,29)/t16?,17?,18?,19?,21-,25?/m0/s1. The lowest BCUT2D eigenvalue weighted by molar-refractivity contribution is -0.152. The van der Waals surface area contributed by atoms with Gasteiger partial charge in [0.15, 0.2) is 6.61 Å². The molecule has 4 bridgehead atoms. The summed E-state index contributed by atoms with van der Waals surface area (Å²) in [5.41, 5.74) is 0.143. The van der Waals surface area contributed by atoms with Crippen molar-refractivity contribution >= 4 is 21.9 Å². The molecule has 0 radical (unpaired) electrons. The molecule has 5 aliphatic rings. The van der Waals surface area contributed by atoms with Gasteiger partial charge in [-0.1, -0.05) is 12.1 Å². The van der Waals surface area contributed by atoms with Crippen LogP contribution in [0.2, 0.25) is 0 Å². The number of ether oxygens (including phenoxy) is 1. The molecule has 6 rings (SSSR count). The fourth-order valence-electron chi connectivity index (χ4n) is 7.42. The van der Waals surface area contributed by atoms with E-state index in [9.17, 15) is 22.4 Å². The van der Waals surface area contributed by atoms with Gasteiger partial charge in [0.25, 0.3) is 5.91 Å². The Bertz CT molecular complexity index is 1040. The van der Waals surface area contributed by atoms with Crippen LogP contribution < -0.4 is 5.32 Å². The molecule has 2 atom stereocenters. The number of halogens is 1. The minimum Gasteiger partial charge on any atom is -0.454 e. The SMILES string of the molecule is CC(NC(=O)COC(=O)[C@@H]1CCCN1S(=O)(=O)c1ccccc1F)C12CC3CC(CC(C3)C1)C2. The summed E-state index contributed by atoms with van der Waals surface area (Å²) in [6.45, 7) is 1.72. The second kappa shape index (κ2) is 8.90. The molecule has 1 heterocycles. The van der Waals surface area contributed by atoms with E-state index in [1.807, 2.05) is 0 Å². The number of hydrogen-bond acceptors (Lipinski definition) is 5. The van der Waals surface area contributed by atoms with Gasteiger partial charge in [-0.25, -0.2) is 12.8 Å². The maximum atomic E-state index is 14.1. The zero-order chi connectivity index (χ0) is 24.1. The quantitative estimate of drug-likeness (QED) is 0.590. The molecular weight excluding hydrogens is 459 g/mol. The predicted octanol–water partition coefficient (Wildman–Crippen LogP) is 3.24. The lowest BCUT2D eigenvalue weighted by Crippen LogP contribution is -2.56. The van der Waals surface area contributed by atoms with Crippen molar-refractivity contribution in [1.82, 2.24) is 9.62 Å². The molecule has 1 aliphatic heterocycles. The summed E-state index contributed by atoms with van der Waals surface area (Å²) < 4.78 is 46.3. The van der Waals surface area contributed by atoms with Crippen LogP contribution in [-0.4, -0.2) is 49.8 Å². The van der Waals surface area contributed by atoms with Gasteiger partial charge in [-0.15, -0.1) is 0 Å². The Labute approximate surface area is 200 Å². The van der Waals surface area contributed by atoms with Crippen LogP contribution in [0.1, 0.15) is 58.3 Å². The van der Waals surface area contributed by atoms with Gasteiger partial charge in [-0.05, 0) is 93.6 Å². The van der Waals surface area contributed by atoms with Crippen LogP contribution in [0.15, 0.2) is 29.2 Å². The molecule has 0 aromatic heterocycles. The summed E-state index contributed by atoms with van der Waals surface area (Å²) in [6.07, 6.45) is 8.18. The first-order valence-corrected chi connectivity index (χ1v) is 13.8. The molecule has 1 unspecified atom stereocenters. The first-order valence-electron chi connectivity index (χ1n) is 12.4. The topological polar surface area (TPSA) is 92.8 Å². The number of nitrogens with zero attached hydrogens (tertiary/aromatic N) is 1. The van der Waals surface area contributed by atoms with Gasteiger partial charge in [0.05, 0.1) is 0 Å². The van der Waals surface area contributed by atoms with Crippen molar-refractivity contribution in [3.63, 3.8) is 0 Å². The molecule has 186 valence electrons. The lowest BCUT2D eigenvalue weighted by atomic mass is 9.48. The molecule has 34 heavy (non-hydrogen) atoms. The minimum absolute atomic E-state index is 0.0107. The van der Waals surface area contributed by atoms with E-state index in [0.717, 1.165) is 47.4 Å². The maximum absolute atomic E-state index is 14.1.